The second kappa shape index (κ2) is 18.3. The van der Waals surface area contributed by atoms with E-state index in [0.717, 1.165) is 102 Å². The fourth-order valence-corrected chi connectivity index (χ4v) is 6.63. The molecular formula is C42H47NO9. The summed E-state index contributed by atoms with van der Waals surface area (Å²) in [5, 5.41) is 21.9. The molecule has 0 amide bonds. The zero-order valence-corrected chi connectivity index (χ0v) is 29.5. The molecule has 2 aliphatic rings. The molecule has 4 aromatic carbocycles. The highest BCUT2D eigenvalue weighted by Crippen LogP contribution is 2.38. The molecular weight excluding hydrogens is 662 g/mol. The molecule has 0 saturated heterocycles. The van der Waals surface area contributed by atoms with Crippen molar-refractivity contribution in [1.29, 1.82) is 0 Å². The van der Waals surface area contributed by atoms with Crippen molar-refractivity contribution in [3.63, 3.8) is 0 Å². The highest BCUT2D eigenvalue weighted by atomic mass is 16.6. The summed E-state index contributed by atoms with van der Waals surface area (Å²) in [4.78, 5) is 22.2. The van der Waals surface area contributed by atoms with E-state index in [4.69, 9.17) is 28.8 Å². The summed E-state index contributed by atoms with van der Waals surface area (Å²) < 4.78 is 29.2. The summed E-state index contributed by atoms with van der Waals surface area (Å²) >= 11 is 0. The molecule has 0 spiro atoms. The Hall–Kier alpha value is -5.22. The van der Waals surface area contributed by atoms with Gasteiger partial charge in [-0.2, -0.15) is 0 Å². The third kappa shape index (κ3) is 10.2. The number of nitrogens with one attached hydrogen (secondary N) is 1. The number of rotatable bonds is 19. The molecule has 2 aliphatic heterocycles. The number of aliphatic carboxylic acids is 2. The minimum absolute atomic E-state index is 0.0198. The standard InChI is InChI=1S/C42H47NO9/c44-41(45)10-6-18-48-36-9-5-8-30(35(36)13-16-42(46)47)7-3-1-2-4-17-43-28-29-23-33(31-11-14-37-39(26-31)51-21-19-49-37)25-34(24-29)32-12-15-38-40(27-32)52-22-20-50-38/h5,8-9,11-12,14-15,23-27,43H,1-4,6-7,10,13,16-22,28H2,(H,44,45)(H,46,47). The van der Waals surface area contributed by atoms with Gasteiger partial charge in [0, 0.05) is 19.4 Å². The monoisotopic (exact) mass is 709 g/mol. The lowest BCUT2D eigenvalue weighted by Crippen LogP contribution is -2.15. The van der Waals surface area contributed by atoms with Crippen LogP contribution in [-0.2, 0) is 29.0 Å². The van der Waals surface area contributed by atoms with E-state index in [2.05, 4.69) is 47.8 Å². The van der Waals surface area contributed by atoms with E-state index in [1.165, 1.54) is 5.56 Å². The summed E-state index contributed by atoms with van der Waals surface area (Å²) in [5.74, 6) is 2.01. The van der Waals surface area contributed by atoms with Gasteiger partial charge in [0.05, 0.1) is 6.61 Å². The molecule has 10 heteroatoms. The van der Waals surface area contributed by atoms with Gasteiger partial charge in [0.15, 0.2) is 23.0 Å². The maximum Gasteiger partial charge on any atom is 0.303 e. The molecule has 2 heterocycles. The lowest BCUT2D eigenvalue weighted by atomic mass is 9.95. The number of aryl methyl sites for hydroxylation is 1. The Kier molecular flexibility index (Phi) is 12.9. The summed E-state index contributed by atoms with van der Waals surface area (Å²) in [7, 11) is 0. The van der Waals surface area contributed by atoms with Crippen molar-refractivity contribution in [2.24, 2.45) is 0 Å². The van der Waals surface area contributed by atoms with Crippen molar-refractivity contribution in [2.45, 2.75) is 64.3 Å². The van der Waals surface area contributed by atoms with Crippen LogP contribution in [0.1, 0.15) is 61.6 Å². The van der Waals surface area contributed by atoms with Crippen molar-refractivity contribution in [3.8, 4) is 51.0 Å². The summed E-state index contributed by atoms with van der Waals surface area (Å²) in [6, 6.07) is 24.7. The molecule has 0 aliphatic carbocycles. The van der Waals surface area contributed by atoms with Crippen molar-refractivity contribution >= 4 is 11.9 Å². The number of ether oxygens (including phenoxy) is 5. The van der Waals surface area contributed by atoms with Gasteiger partial charge in [0.1, 0.15) is 32.2 Å². The van der Waals surface area contributed by atoms with E-state index in [9.17, 15) is 14.7 Å². The molecule has 0 atom stereocenters. The fourth-order valence-electron chi connectivity index (χ4n) is 6.63. The van der Waals surface area contributed by atoms with Crippen molar-refractivity contribution in [3.05, 3.63) is 89.5 Å². The number of benzene rings is 4. The quantitative estimate of drug-likeness (QED) is 0.0832. The zero-order valence-electron chi connectivity index (χ0n) is 29.5. The normalized spacial score (nSPS) is 13.1. The minimum Gasteiger partial charge on any atom is -0.493 e. The van der Waals surface area contributed by atoms with E-state index in [1.54, 1.807) is 0 Å². The van der Waals surface area contributed by atoms with E-state index < -0.39 is 11.9 Å². The Morgan fingerprint density at radius 2 is 1.23 bits per heavy atom. The maximum absolute atomic E-state index is 11.3. The lowest BCUT2D eigenvalue weighted by molar-refractivity contribution is -0.138. The van der Waals surface area contributed by atoms with Gasteiger partial charge in [-0.1, -0.05) is 37.1 Å². The average molecular weight is 710 g/mol. The van der Waals surface area contributed by atoms with Crippen molar-refractivity contribution < 1.29 is 43.5 Å². The number of carbonyl (C=O) groups is 2. The molecule has 0 saturated carbocycles. The smallest absolute Gasteiger partial charge is 0.303 e. The molecule has 4 aromatic rings. The van der Waals surface area contributed by atoms with E-state index in [-0.39, 0.29) is 19.4 Å². The SMILES string of the molecule is O=C(O)CCCOc1cccc(CCCCCCNCc2cc(-c3ccc4c(c3)OCCO4)cc(-c3ccc4c(c3)OCCO4)c2)c1CCC(=O)O. The van der Waals surface area contributed by atoms with Crippen LogP contribution in [0.15, 0.2) is 72.8 Å². The van der Waals surface area contributed by atoms with Crippen LogP contribution >= 0.6 is 0 Å². The first-order valence-electron chi connectivity index (χ1n) is 18.2. The summed E-state index contributed by atoms with van der Waals surface area (Å²) in [6.45, 7) is 4.08. The molecule has 0 radical (unpaired) electrons. The molecule has 0 fully saturated rings. The van der Waals surface area contributed by atoms with Gasteiger partial charge in [-0.25, -0.2) is 0 Å². The van der Waals surface area contributed by atoms with E-state index >= 15 is 0 Å². The Balaban J connectivity index is 1.04. The van der Waals surface area contributed by atoms with Gasteiger partial charge in [-0.15, -0.1) is 0 Å². The van der Waals surface area contributed by atoms with E-state index in [1.807, 2.05) is 30.3 Å². The number of fused-ring (bicyclic) bond motifs is 2. The fraction of sp³-hybridized carbons (Fsp3) is 0.381. The number of carboxylic acid groups (broad SMARTS) is 2. The third-order valence-corrected chi connectivity index (χ3v) is 9.23. The van der Waals surface area contributed by atoms with Crippen LogP contribution in [0.5, 0.6) is 28.7 Å². The number of carboxylic acids is 2. The highest BCUT2D eigenvalue weighted by molar-refractivity contribution is 5.77. The predicted octanol–water partition coefficient (Wildman–Crippen LogP) is 7.72. The number of hydrogen-bond acceptors (Lipinski definition) is 8. The molecule has 10 nitrogen and oxygen atoms in total. The van der Waals surface area contributed by atoms with Gasteiger partial charge in [0.2, 0.25) is 0 Å². The first-order chi connectivity index (χ1) is 25.4. The van der Waals surface area contributed by atoms with Crippen molar-refractivity contribution in [2.75, 3.05) is 39.6 Å². The van der Waals surface area contributed by atoms with Gasteiger partial charge in [0.25, 0.3) is 0 Å². The Labute approximate surface area is 304 Å². The molecule has 6 rings (SSSR count). The molecule has 0 unspecified atom stereocenters. The minimum atomic E-state index is -0.859. The Morgan fingerprint density at radius 3 is 1.87 bits per heavy atom. The molecule has 3 N–H and O–H groups in total. The Morgan fingerprint density at radius 1 is 0.615 bits per heavy atom. The number of unbranched alkanes of at least 4 members (excludes halogenated alkanes) is 3. The highest BCUT2D eigenvalue weighted by Gasteiger charge is 2.17. The third-order valence-electron chi connectivity index (χ3n) is 9.23. The van der Waals surface area contributed by atoms with Crippen LogP contribution in [0.4, 0.5) is 0 Å². The topological polar surface area (TPSA) is 133 Å². The molecule has 0 aromatic heterocycles. The predicted molar refractivity (Wildman–Crippen MR) is 198 cm³/mol. The van der Waals surface area contributed by atoms with Crippen molar-refractivity contribution in [1.82, 2.24) is 5.32 Å². The average Bonchev–Trinajstić information content (AvgIpc) is 3.16. The van der Waals surface area contributed by atoms with Crippen LogP contribution in [0, 0.1) is 0 Å². The summed E-state index contributed by atoms with van der Waals surface area (Å²) in [5.41, 5.74) is 7.50. The first kappa shape index (κ1) is 36.6. The first-order valence-corrected chi connectivity index (χ1v) is 18.2. The largest absolute Gasteiger partial charge is 0.493 e. The van der Waals surface area contributed by atoms with Crippen LogP contribution in [-0.4, -0.2) is 61.7 Å². The van der Waals surface area contributed by atoms with Gasteiger partial charge < -0.3 is 39.2 Å². The number of hydrogen-bond donors (Lipinski definition) is 3. The van der Waals surface area contributed by atoms with Crippen LogP contribution in [0.25, 0.3) is 22.3 Å². The van der Waals surface area contributed by atoms with Crippen LogP contribution in [0.3, 0.4) is 0 Å². The van der Waals surface area contributed by atoms with Gasteiger partial charge >= 0.3 is 11.9 Å². The van der Waals surface area contributed by atoms with Gasteiger partial charge in [-0.05, 0) is 126 Å². The van der Waals surface area contributed by atoms with E-state index in [0.29, 0.717) is 45.0 Å². The second-order valence-electron chi connectivity index (χ2n) is 13.1. The zero-order chi connectivity index (χ0) is 36.1. The molecule has 0 bridgehead atoms. The lowest BCUT2D eigenvalue weighted by Gasteiger charge is -2.20. The Bertz CT molecular complexity index is 1760. The van der Waals surface area contributed by atoms with Crippen LogP contribution < -0.4 is 29.0 Å². The molecule has 52 heavy (non-hydrogen) atoms. The molecule has 274 valence electrons. The maximum atomic E-state index is 11.3. The van der Waals surface area contributed by atoms with Gasteiger partial charge in [-0.3, -0.25) is 9.59 Å². The summed E-state index contributed by atoms with van der Waals surface area (Å²) in [6.07, 6.45) is 5.83. The second-order valence-corrected chi connectivity index (χ2v) is 13.1. The van der Waals surface area contributed by atoms with Crippen LogP contribution in [0.2, 0.25) is 0 Å².